The summed E-state index contributed by atoms with van der Waals surface area (Å²) in [6.45, 7) is 7.93. The van der Waals surface area contributed by atoms with Gasteiger partial charge in [0.15, 0.2) is 0 Å². The summed E-state index contributed by atoms with van der Waals surface area (Å²) in [6.07, 6.45) is 7.89. The van der Waals surface area contributed by atoms with E-state index in [4.69, 9.17) is 9.72 Å². The highest BCUT2D eigenvalue weighted by Gasteiger charge is 2.14. The summed E-state index contributed by atoms with van der Waals surface area (Å²) < 4.78 is 5.93. The van der Waals surface area contributed by atoms with E-state index in [1.54, 1.807) is 11.3 Å². The van der Waals surface area contributed by atoms with E-state index in [9.17, 15) is 0 Å². The average Bonchev–Trinajstić information content (AvgIpc) is 3.39. The number of ether oxygens (including phenoxy) is 1. The Morgan fingerprint density at radius 1 is 0.889 bits per heavy atom. The number of hydrogen-bond acceptors (Lipinski definition) is 5. The summed E-state index contributed by atoms with van der Waals surface area (Å²) in [5.41, 5.74) is 2.39. The number of thiazole rings is 1. The molecule has 0 saturated carbocycles. The maximum absolute atomic E-state index is 5.93. The number of piperidine rings is 1. The van der Waals surface area contributed by atoms with Crippen LogP contribution in [0.1, 0.15) is 44.2 Å². The summed E-state index contributed by atoms with van der Waals surface area (Å²) in [5.74, 6) is 0.964. The third-order valence-electron chi connectivity index (χ3n) is 5.57. The minimum atomic E-state index is 0.799. The molecule has 5 heteroatoms. The van der Waals surface area contributed by atoms with E-state index in [-0.39, 0.29) is 0 Å². The first-order chi connectivity index (χ1) is 13.4. The lowest BCUT2D eigenvalue weighted by molar-refractivity contribution is 0.205. The lowest BCUT2D eigenvalue weighted by atomic mass is 10.1. The number of nitrogens with zero attached hydrogens (tertiary/aromatic N) is 3. The monoisotopic (exact) mass is 385 g/mol. The number of rotatable bonds is 8. The van der Waals surface area contributed by atoms with Crippen molar-refractivity contribution in [3.05, 3.63) is 35.3 Å². The van der Waals surface area contributed by atoms with Gasteiger partial charge in [-0.2, -0.15) is 0 Å². The Morgan fingerprint density at radius 2 is 1.59 bits per heavy atom. The van der Waals surface area contributed by atoms with Crippen LogP contribution >= 0.6 is 11.3 Å². The number of hydrogen-bond donors (Lipinski definition) is 0. The van der Waals surface area contributed by atoms with Gasteiger partial charge in [-0.1, -0.05) is 6.42 Å². The molecule has 4 rings (SSSR count). The van der Waals surface area contributed by atoms with Crippen LogP contribution in [0.25, 0.3) is 10.6 Å². The van der Waals surface area contributed by atoms with Crippen molar-refractivity contribution >= 4 is 11.3 Å². The van der Waals surface area contributed by atoms with E-state index in [1.165, 1.54) is 69.5 Å². The molecule has 0 amide bonds. The SMILES string of the molecule is c1cc(-c2nc(CN3CCCC3)cs2)ccc1OCCCN1CCCCC1. The van der Waals surface area contributed by atoms with E-state index >= 15 is 0 Å². The number of aromatic nitrogens is 1. The molecule has 0 atom stereocenters. The molecule has 3 heterocycles. The quantitative estimate of drug-likeness (QED) is 0.618. The summed E-state index contributed by atoms with van der Waals surface area (Å²) >= 11 is 1.75. The fraction of sp³-hybridized carbons (Fsp3) is 0.591. The van der Waals surface area contributed by atoms with E-state index in [1.807, 2.05) is 0 Å². The smallest absolute Gasteiger partial charge is 0.123 e. The minimum Gasteiger partial charge on any atom is -0.494 e. The maximum Gasteiger partial charge on any atom is 0.123 e. The zero-order valence-electron chi connectivity index (χ0n) is 16.2. The standard InChI is InChI=1S/C22H31N3OS/c1-2-11-24(12-3-1)15-6-16-26-21-9-7-19(8-10-21)22-23-20(18-27-22)17-25-13-4-5-14-25/h7-10,18H,1-6,11-17H2. The fourth-order valence-corrected chi connectivity index (χ4v) is 4.85. The van der Waals surface area contributed by atoms with Gasteiger partial charge in [-0.25, -0.2) is 4.98 Å². The summed E-state index contributed by atoms with van der Waals surface area (Å²) in [6, 6.07) is 8.44. The van der Waals surface area contributed by atoms with E-state index in [0.717, 1.165) is 36.9 Å². The Kier molecular flexibility index (Phi) is 6.77. The molecule has 27 heavy (non-hydrogen) atoms. The van der Waals surface area contributed by atoms with Crippen LogP contribution in [-0.4, -0.2) is 54.1 Å². The molecule has 2 aliphatic rings. The van der Waals surface area contributed by atoms with Crippen LogP contribution in [0.15, 0.2) is 29.6 Å². The lowest BCUT2D eigenvalue weighted by Gasteiger charge is -2.26. The average molecular weight is 386 g/mol. The van der Waals surface area contributed by atoms with Crippen LogP contribution in [0.4, 0.5) is 0 Å². The van der Waals surface area contributed by atoms with Gasteiger partial charge in [0.05, 0.1) is 12.3 Å². The van der Waals surface area contributed by atoms with Crippen molar-refractivity contribution in [2.24, 2.45) is 0 Å². The Bertz CT molecular complexity index is 688. The molecule has 2 aliphatic heterocycles. The van der Waals surface area contributed by atoms with Gasteiger partial charge in [0.25, 0.3) is 0 Å². The largest absolute Gasteiger partial charge is 0.494 e. The van der Waals surface area contributed by atoms with E-state index < -0.39 is 0 Å². The van der Waals surface area contributed by atoms with Gasteiger partial charge in [0, 0.05) is 24.0 Å². The fourth-order valence-electron chi connectivity index (χ4n) is 4.04. The second-order valence-electron chi connectivity index (χ2n) is 7.76. The molecule has 1 aromatic heterocycles. The zero-order valence-corrected chi connectivity index (χ0v) is 17.1. The van der Waals surface area contributed by atoms with Crippen LogP contribution in [0.2, 0.25) is 0 Å². The molecular formula is C22H31N3OS. The third kappa shape index (κ3) is 5.53. The molecule has 4 nitrogen and oxygen atoms in total. The predicted octanol–water partition coefficient (Wildman–Crippen LogP) is 4.66. The summed E-state index contributed by atoms with van der Waals surface area (Å²) in [5, 5.41) is 3.32. The van der Waals surface area contributed by atoms with Gasteiger partial charge in [-0.05, 0) is 82.5 Å². The van der Waals surface area contributed by atoms with Gasteiger partial charge in [0.2, 0.25) is 0 Å². The highest BCUT2D eigenvalue weighted by molar-refractivity contribution is 7.13. The molecule has 146 valence electrons. The van der Waals surface area contributed by atoms with Crippen LogP contribution in [0, 0.1) is 0 Å². The van der Waals surface area contributed by atoms with Crippen molar-refractivity contribution < 1.29 is 4.74 Å². The first-order valence-electron chi connectivity index (χ1n) is 10.5. The van der Waals surface area contributed by atoms with Crippen LogP contribution in [0.3, 0.4) is 0 Å². The molecule has 1 aromatic carbocycles. The van der Waals surface area contributed by atoms with Crippen molar-refractivity contribution in [1.29, 1.82) is 0 Å². The minimum absolute atomic E-state index is 0.799. The molecule has 0 unspecified atom stereocenters. The Balaban J connectivity index is 1.23. The molecule has 0 radical (unpaired) electrons. The summed E-state index contributed by atoms with van der Waals surface area (Å²) in [7, 11) is 0. The van der Waals surface area contributed by atoms with Crippen molar-refractivity contribution in [2.45, 2.75) is 45.1 Å². The number of likely N-dealkylation sites (tertiary alicyclic amines) is 2. The van der Waals surface area contributed by atoms with Crippen molar-refractivity contribution in [3.8, 4) is 16.3 Å². The Morgan fingerprint density at radius 3 is 2.37 bits per heavy atom. The van der Waals surface area contributed by atoms with Gasteiger partial charge in [-0.15, -0.1) is 11.3 Å². The van der Waals surface area contributed by atoms with Gasteiger partial charge in [0.1, 0.15) is 10.8 Å². The van der Waals surface area contributed by atoms with Crippen LogP contribution < -0.4 is 4.74 Å². The molecule has 0 aliphatic carbocycles. The molecule has 0 bridgehead atoms. The van der Waals surface area contributed by atoms with Crippen molar-refractivity contribution in [1.82, 2.24) is 14.8 Å². The predicted molar refractivity (Wildman–Crippen MR) is 112 cm³/mol. The van der Waals surface area contributed by atoms with Crippen molar-refractivity contribution in [2.75, 3.05) is 39.3 Å². The van der Waals surface area contributed by atoms with Crippen molar-refractivity contribution in [3.63, 3.8) is 0 Å². The Hall–Kier alpha value is -1.43. The highest BCUT2D eigenvalue weighted by atomic mass is 32.1. The molecule has 0 N–H and O–H groups in total. The van der Waals surface area contributed by atoms with Crippen LogP contribution in [-0.2, 0) is 6.54 Å². The molecular weight excluding hydrogens is 354 g/mol. The lowest BCUT2D eigenvalue weighted by Crippen LogP contribution is -2.31. The van der Waals surface area contributed by atoms with E-state index in [0.29, 0.717) is 0 Å². The normalized spacial score (nSPS) is 18.8. The van der Waals surface area contributed by atoms with Gasteiger partial charge < -0.3 is 9.64 Å². The second-order valence-corrected chi connectivity index (χ2v) is 8.61. The maximum atomic E-state index is 5.93. The van der Waals surface area contributed by atoms with Gasteiger partial charge in [-0.3, -0.25) is 4.90 Å². The second kappa shape index (κ2) is 9.67. The topological polar surface area (TPSA) is 28.6 Å². The first kappa shape index (κ1) is 18.9. The molecule has 0 spiro atoms. The molecule has 2 aromatic rings. The molecule has 2 saturated heterocycles. The van der Waals surface area contributed by atoms with Crippen LogP contribution in [0.5, 0.6) is 5.75 Å². The first-order valence-corrected chi connectivity index (χ1v) is 11.4. The van der Waals surface area contributed by atoms with E-state index in [2.05, 4.69) is 39.4 Å². The third-order valence-corrected chi connectivity index (χ3v) is 6.51. The highest BCUT2D eigenvalue weighted by Crippen LogP contribution is 2.26. The zero-order chi connectivity index (χ0) is 18.3. The summed E-state index contributed by atoms with van der Waals surface area (Å²) in [4.78, 5) is 9.90. The molecule has 2 fully saturated rings. The van der Waals surface area contributed by atoms with Gasteiger partial charge >= 0.3 is 0 Å². The Labute approximate surface area is 167 Å². The number of benzene rings is 1.